The van der Waals surface area contributed by atoms with Gasteiger partial charge >= 0.3 is 5.97 Å². The van der Waals surface area contributed by atoms with Crippen LogP contribution in [-0.2, 0) is 4.79 Å². The predicted octanol–water partition coefficient (Wildman–Crippen LogP) is 7.05. The highest BCUT2D eigenvalue weighted by molar-refractivity contribution is 6.14. The van der Waals surface area contributed by atoms with Crippen LogP contribution >= 0.6 is 0 Å². The first-order valence-corrected chi connectivity index (χ1v) is 10.4. The van der Waals surface area contributed by atoms with Crippen LogP contribution in [0.4, 0.5) is 0 Å². The predicted molar refractivity (Wildman–Crippen MR) is 133 cm³/mol. The molecule has 5 aromatic rings. The van der Waals surface area contributed by atoms with Gasteiger partial charge in [-0.25, -0.2) is 4.79 Å². The number of para-hydroxylation sites is 2. The van der Waals surface area contributed by atoms with E-state index in [-0.39, 0.29) is 5.57 Å². The SMILES string of the molecule is C=C(C(=O)O)c1ccc(C=Cc2ccc3c(c2)c2ccccc2n3-c2ccccc2)cc1. The number of benzene rings is 4. The summed E-state index contributed by atoms with van der Waals surface area (Å²) in [5.74, 6) is -1.00. The maximum absolute atomic E-state index is 11.1. The Morgan fingerprint density at radius 2 is 1.34 bits per heavy atom. The molecule has 0 aliphatic heterocycles. The highest BCUT2D eigenvalue weighted by Gasteiger charge is 2.11. The number of carbonyl (C=O) groups is 1. The number of carboxylic acid groups (broad SMARTS) is 1. The lowest BCUT2D eigenvalue weighted by Crippen LogP contribution is -1.97. The Hall–Kier alpha value is -4.37. The number of rotatable bonds is 5. The molecule has 0 atom stereocenters. The molecule has 1 N–H and O–H groups in total. The van der Waals surface area contributed by atoms with Crippen molar-refractivity contribution in [3.63, 3.8) is 0 Å². The molecule has 3 nitrogen and oxygen atoms in total. The fraction of sp³-hybridized carbons (Fsp3) is 0. The van der Waals surface area contributed by atoms with Crippen LogP contribution in [0.1, 0.15) is 16.7 Å². The van der Waals surface area contributed by atoms with Crippen LogP contribution in [0.3, 0.4) is 0 Å². The molecular weight excluding hydrogens is 394 g/mol. The van der Waals surface area contributed by atoms with Gasteiger partial charge in [-0.2, -0.15) is 0 Å². The van der Waals surface area contributed by atoms with Gasteiger partial charge in [0.1, 0.15) is 0 Å². The lowest BCUT2D eigenvalue weighted by molar-refractivity contribution is -0.130. The third-order valence-electron chi connectivity index (χ3n) is 5.70. The molecule has 0 saturated carbocycles. The molecule has 1 aromatic heterocycles. The maximum atomic E-state index is 11.1. The maximum Gasteiger partial charge on any atom is 0.335 e. The highest BCUT2D eigenvalue weighted by atomic mass is 16.4. The number of fused-ring (bicyclic) bond motifs is 3. The molecule has 5 rings (SSSR count). The van der Waals surface area contributed by atoms with Crippen molar-refractivity contribution < 1.29 is 9.90 Å². The molecule has 1 heterocycles. The number of carboxylic acids is 1. The summed E-state index contributed by atoms with van der Waals surface area (Å²) in [6, 6.07) is 32.8. The van der Waals surface area contributed by atoms with Gasteiger partial charge in [-0.15, -0.1) is 0 Å². The quantitative estimate of drug-likeness (QED) is 0.247. The van der Waals surface area contributed by atoms with E-state index in [4.69, 9.17) is 5.11 Å². The molecule has 0 amide bonds. The summed E-state index contributed by atoms with van der Waals surface area (Å²) in [6.45, 7) is 3.61. The number of nitrogens with zero attached hydrogens (tertiary/aromatic N) is 1. The first kappa shape index (κ1) is 19.6. The minimum absolute atomic E-state index is 0.0980. The molecule has 32 heavy (non-hydrogen) atoms. The second-order valence-corrected chi connectivity index (χ2v) is 7.70. The summed E-state index contributed by atoms with van der Waals surface area (Å²) >= 11 is 0. The first-order chi connectivity index (χ1) is 15.6. The van der Waals surface area contributed by atoms with Crippen molar-refractivity contribution in [2.45, 2.75) is 0 Å². The zero-order valence-corrected chi connectivity index (χ0v) is 17.4. The minimum Gasteiger partial charge on any atom is -0.478 e. The van der Waals surface area contributed by atoms with Crippen molar-refractivity contribution in [1.82, 2.24) is 4.57 Å². The van der Waals surface area contributed by atoms with Gasteiger partial charge in [0, 0.05) is 16.5 Å². The van der Waals surface area contributed by atoms with Crippen molar-refractivity contribution in [2.75, 3.05) is 0 Å². The third kappa shape index (κ3) is 3.50. The van der Waals surface area contributed by atoms with Crippen molar-refractivity contribution in [3.05, 3.63) is 120 Å². The van der Waals surface area contributed by atoms with Crippen molar-refractivity contribution in [2.24, 2.45) is 0 Å². The molecule has 4 aromatic carbocycles. The Kier molecular flexibility index (Phi) is 4.92. The van der Waals surface area contributed by atoms with E-state index in [9.17, 15) is 4.79 Å². The van der Waals surface area contributed by atoms with E-state index < -0.39 is 5.97 Å². The summed E-state index contributed by atoms with van der Waals surface area (Å²) in [7, 11) is 0. The number of aromatic nitrogens is 1. The van der Waals surface area contributed by atoms with Gasteiger partial charge < -0.3 is 9.67 Å². The number of hydrogen-bond acceptors (Lipinski definition) is 1. The molecule has 154 valence electrons. The molecular formula is C29H21NO2. The molecule has 0 unspecified atom stereocenters. The largest absolute Gasteiger partial charge is 0.478 e. The second-order valence-electron chi connectivity index (χ2n) is 7.70. The summed E-state index contributed by atoms with van der Waals surface area (Å²) in [5.41, 5.74) is 6.32. The van der Waals surface area contributed by atoms with Crippen LogP contribution in [0.5, 0.6) is 0 Å². The standard InChI is InChI=1S/C29H21NO2/c1-20(29(31)32)23-16-13-21(14-17-23)11-12-22-15-18-28-26(19-22)25-9-5-6-10-27(25)30(28)24-7-3-2-4-8-24/h2-19H,1H2,(H,31,32). The fourth-order valence-electron chi connectivity index (χ4n) is 4.06. The molecule has 0 fully saturated rings. The van der Waals surface area contributed by atoms with Crippen LogP contribution in [0.2, 0.25) is 0 Å². The smallest absolute Gasteiger partial charge is 0.335 e. The van der Waals surface area contributed by atoms with Crippen molar-refractivity contribution >= 4 is 45.5 Å². The zero-order chi connectivity index (χ0) is 22.1. The molecule has 0 aliphatic rings. The Bertz CT molecular complexity index is 1490. The van der Waals surface area contributed by atoms with E-state index in [1.807, 2.05) is 24.3 Å². The van der Waals surface area contributed by atoms with Gasteiger partial charge in [0.2, 0.25) is 0 Å². The molecule has 3 heteroatoms. The average molecular weight is 415 g/mol. The van der Waals surface area contributed by atoms with Crippen LogP contribution in [0, 0.1) is 0 Å². The molecule has 0 aliphatic carbocycles. The van der Waals surface area contributed by atoms with E-state index in [1.165, 1.54) is 21.8 Å². The van der Waals surface area contributed by atoms with Gasteiger partial charge in [0.25, 0.3) is 0 Å². The Morgan fingerprint density at radius 1 is 0.719 bits per heavy atom. The van der Waals surface area contributed by atoms with Gasteiger partial charge in [0.05, 0.1) is 16.6 Å². The molecule has 0 bridgehead atoms. The second kappa shape index (κ2) is 8.05. The zero-order valence-electron chi connectivity index (χ0n) is 17.4. The first-order valence-electron chi connectivity index (χ1n) is 10.4. The van der Waals surface area contributed by atoms with E-state index in [1.54, 1.807) is 12.1 Å². The summed E-state index contributed by atoms with van der Waals surface area (Å²) in [4.78, 5) is 11.1. The lowest BCUT2D eigenvalue weighted by Gasteiger charge is -2.07. The van der Waals surface area contributed by atoms with Gasteiger partial charge in [-0.05, 0) is 47.0 Å². The molecule has 0 spiro atoms. The average Bonchev–Trinajstić information content (AvgIpc) is 3.17. The molecule has 0 radical (unpaired) electrons. The summed E-state index contributed by atoms with van der Waals surface area (Å²) < 4.78 is 2.30. The van der Waals surface area contributed by atoms with Gasteiger partial charge in [-0.1, -0.05) is 85.5 Å². The van der Waals surface area contributed by atoms with E-state index in [0.717, 1.165) is 16.8 Å². The Labute approximate surface area is 186 Å². The lowest BCUT2D eigenvalue weighted by atomic mass is 10.0. The van der Waals surface area contributed by atoms with Gasteiger partial charge in [-0.3, -0.25) is 0 Å². The van der Waals surface area contributed by atoms with Crippen LogP contribution in [-0.4, -0.2) is 15.6 Å². The third-order valence-corrected chi connectivity index (χ3v) is 5.70. The van der Waals surface area contributed by atoms with E-state index in [0.29, 0.717) is 5.56 Å². The van der Waals surface area contributed by atoms with Crippen molar-refractivity contribution in [3.8, 4) is 5.69 Å². The van der Waals surface area contributed by atoms with Crippen LogP contribution < -0.4 is 0 Å². The van der Waals surface area contributed by atoms with Crippen LogP contribution in [0.25, 0.3) is 45.2 Å². The Morgan fingerprint density at radius 3 is 2.09 bits per heavy atom. The highest BCUT2D eigenvalue weighted by Crippen LogP contribution is 2.32. The fourth-order valence-corrected chi connectivity index (χ4v) is 4.06. The van der Waals surface area contributed by atoms with E-state index in [2.05, 4.69) is 84.0 Å². The van der Waals surface area contributed by atoms with Gasteiger partial charge in [0.15, 0.2) is 0 Å². The number of hydrogen-bond donors (Lipinski definition) is 1. The monoisotopic (exact) mass is 415 g/mol. The molecule has 0 saturated heterocycles. The number of aliphatic carboxylic acids is 1. The summed E-state index contributed by atoms with van der Waals surface area (Å²) in [6.07, 6.45) is 4.11. The van der Waals surface area contributed by atoms with Crippen LogP contribution in [0.15, 0.2) is 104 Å². The summed E-state index contributed by atoms with van der Waals surface area (Å²) in [5, 5.41) is 11.5. The van der Waals surface area contributed by atoms with Crippen molar-refractivity contribution in [1.29, 1.82) is 0 Å². The topological polar surface area (TPSA) is 42.2 Å². The Balaban J connectivity index is 1.54. The normalized spacial score (nSPS) is 11.4. The minimum atomic E-state index is -1.00. The van der Waals surface area contributed by atoms with E-state index >= 15 is 0 Å².